The summed E-state index contributed by atoms with van der Waals surface area (Å²) in [5.74, 6) is -0.464. The molecule has 28 heavy (non-hydrogen) atoms. The number of rotatable bonds is 4. The Morgan fingerprint density at radius 1 is 1.25 bits per heavy atom. The monoisotopic (exact) mass is 369 g/mol. The molecule has 0 aliphatic carbocycles. The molecule has 0 saturated carbocycles. The van der Waals surface area contributed by atoms with Crippen molar-refractivity contribution in [1.82, 2.24) is 14.8 Å². The highest BCUT2D eigenvalue weighted by molar-refractivity contribution is 6.11. The first-order valence-corrected chi connectivity index (χ1v) is 9.09. The standard InChI is InChI=1S/C22H19N5O/c1-3-15-9-18-17(8-13(15)2)21-19(11-25-18)27(12-20(24)28)26-22(21)16-6-4-14(10-23)5-7-16/h4-9,11H,3,12H2,1-2H3,(H2,24,28). The minimum absolute atomic E-state index is 0.0218. The van der Waals surface area contributed by atoms with E-state index in [0.29, 0.717) is 5.56 Å². The number of carbonyl (C=O) groups excluding carboxylic acids is 1. The Morgan fingerprint density at radius 3 is 2.64 bits per heavy atom. The quantitative estimate of drug-likeness (QED) is 0.595. The summed E-state index contributed by atoms with van der Waals surface area (Å²) in [7, 11) is 0. The first kappa shape index (κ1) is 17.7. The predicted octanol–water partition coefficient (Wildman–Crippen LogP) is 3.48. The van der Waals surface area contributed by atoms with Crippen LogP contribution in [0.2, 0.25) is 0 Å². The fourth-order valence-corrected chi connectivity index (χ4v) is 3.60. The van der Waals surface area contributed by atoms with E-state index in [9.17, 15) is 4.79 Å². The molecule has 2 heterocycles. The smallest absolute Gasteiger partial charge is 0.239 e. The molecule has 0 atom stereocenters. The molecule has 0 radical (unpaired) electrons. The lowest BCUT2D eigenvalue weighted by molar-refractivity contribution is -0.118. The normalized spacial score (nSPS) is 11.0. The second kappa shape index (κ2) is 6.78. The number of primary amides is 1. The lowest BCUT2D eigenvalue weighted by Crippen LogP contribution is -2.19. The van der Waals surface area contributed by atoms with E-state index in [1.54, 1.807) is 23.0 Å². The van der Waals surface area contributed by atoms with Crippen LogP contribution in [0.3, 0.4) is 0 Å². The maximum Gasteiger partial charge on any atom is 0.239 e. The minimum Gasteiger partial charge on any atom is -0.368 e. The van der Waals surface area contributed by atoms with Gasteiger partial charge in [-0.1, -0.05) is 19.1 Å². The summed E-state index contributed by atoms with van der Waals surface area (Å²) in [6.07, 6.45) is 2.68. The molecule has 1 amide bonds. The van der Waals surface area contributed by atoms with Crippen molar-refractivity contribution < 1.29 is 4.79 Å². The van der Waals surface area contributed by atoms with Crippen molar-refractivity contribution in [3.63, 3.8) is 0 Å². The lowest BCUT2D eigenvalue weighted by Gasteiger charge is -2.08. The number of amides is 1. The molecule has 6 nitrogen and oxygen atoms in total. The Morgan fingerprint density at radius 2 is 2.00 bits per heavy atom. The molecule has 0 unspecified atom stereocenters. The Labute approximate surface area is 162 Å². The molecule has 0 bridgehead atoms. The Hall–Kier alpha value is -3.72. The number of fused-ring (bicyclic) bond motifs is 3. The summed E-state index contributed by atoms with van der Waals surface area (Å²) in [6, 6.07) is 13.6. The Kier molecular flexibility index (Phi) is 4.28. The van der Waals surface area contributed by atoms with Gasteiger partial charge in [0.15, 0.2) is 0 Å². The fraction of sp³-hybridized carbons (Fsp3) is 0.182. The summed E-state index contributed by atoms with van der Waals surface area (Å²) in [5, 5.41) is 15.7. The van der Waals surface area contributed by atoms with Crippen LogP contribution in [0.4, 0.5) is 0 Å². The van der Waals surface area contributed by atoms with Crippen molar-refractivity contribution in [3.05, 3.63) is 59.3 Å². The van der Waals surface area contributed by atoms with E-state index < -0.39 is 5.91 Å². The molecule has 4 rings (SSSR count). The van der Waals surface area contributed by atoms with Crippen molar-refractivity contribution in [2.24, 2.45) is 5.73 Å². The van der Waals surface area contributed by atoms with Crippen LogP contribution < -0.4 is 5.73 Å². The van der Waals surface area contributed by atoms with E-state index >= 15 is 0 Å². The van der Waals surface area contributed by atoms with Gasteiger partial charge in [-0.25, -0.2) is 0 Å². The van der Waals surface area contributed by atoms with E-state index in [0.717, 1.165) is 39.5 Å². The van der Waals surface area contributed by atoms with Gasteiger partial charge in [0.1, 0.15) is 12.2 Å². The third-order valence-corrected chi connectivity index (χ3v) is 5.02. The molecule has 2 N–H and O–H groups in total. The van der Waals surface area contributed by atoms with Gasteiger partial charge in [-0.3, -0.25) is 14.5 Å². The van der Waals surface area contributed by atoms with E-state index in [1.807, 2.05) is 12.1 Å². The van der Waals surface area contributed by atoms with Gasteiger partial charge in [-0.05, 0) is 48.7 Å². The van der Waals surface area contributed by atoms with E-state index in [1.165, 1.54) is 11.1 Å². The highest BCUT2D eigenvalue weighted by Gasteiger charge is 2.18. The van der Waals surface area contributed by atoms with Gasteiger partial charge in [0.2, 0.25) is 5.91 Å². The molecule has 2 aromatic heterocycles. The largest absolute Gasteiger partial charge is 0.368 e. The Balaban J connectivity index is 2.07. The average molecular weight is 369 g/mol. The van der Waals surface area contributed by atoms with Crippen LogP contribution in [-0.2, 0) is 17.8 Å². The number of benzene rings is 2. The van der Waals surface area contributed by atoms with Crippen molar-refractivity contribution in [2.75, 3.05) is 0 Å². The van der Waals surface area contributed by atoms with E-state index in [4.69, 9.17) is 11.0 Å². The second-order valence-electron chi connectivity index (χ2n) is 6.83. The average Bonchev–Trinajstić information content (AvgIpc) is 3.05. The number of pyridine rings is 1. The van der Waals surface area contributed by atoms with Gasteiger partial charge in [0.25, 0.3) is 0 Å². The predicted molar refractivity (Wildman–Crippen MR) is 108 cm³/mol. The van der Waals surface area contributed by atoms with E-state index in [-0.39, 0.29) is 6.54 Å². The van der Waals surface area contributed by atoms with Gasteiger partial charge >= 0.3 is 0 Å². The first-order valence-electron chi connectivity index (χ1n) is 9.09. The molecule has 0 saturated heterocycles. The molecular weight excluding hydrogens is 350 g/mol. The van der Waals surface area contributed by atoms with Crippen molar-refractivity contribution in [3.8, 4) is 17.3 Å². The summed E-state index contributed by atoms with van der Waals surface area (Å²) < 4.78 is 1.60. The summed E-state index contributed by atoms with van der Waals surface area (Å²) >= 11 is 0. The van der Waals surface area contributed by atoms with Crippen LogP contribution in [0.5, 0.6) is 0 Å². The molecule has 2 aromatic carbocycles. The van der Waals surface area contributed by atoms with Crippen molar-refractivity contribution >= 4 is 27.7 Å². The molecular formula is C22H19N5O. The number of nitrogens with two attached hydrogens (primary N) is 1. The van der Waals surface area contributed by atoms with Gasteiger partial charge in [-0.15, -0.1) is 0 Å². The van der Waals surface area contributed by atoms with Gasteiger partial charge in [0, 0.05) is 16.3 Å². The maximum atomic E-state index is 11.5. The molecule has 0 spiro atoms. The van der Waals surface area contributed by atoms with E-state index in [2.05, 4.69) is 42.1 Å². The molecule has 0 aliphatic heterocycles. The highest BCUT2D eigenvalue weighted by Crippen LogP contribution is 2.34. The van der Waals surface area contributed by atoms with Gasteiger partial charge in [-0.2, -0.15) is 10.4 Å². The SMILES string of the molecule is CCc1cc2ncc3c(c(-c4ccc(C#N)cc4)nn3CC(N)=O)c2cc1C. The summed E-state index contributed by atoms with van der Waals surface area (Å²) in [5.41, 5.74) is 11.7. The van der Waals surface area contributed by atoms with Crippen LogP contribution in [0.15, 0.2) is 42.6 Å². The molecule has 4 aromatic rings. The number of nitrogens with zero attached hydrogens (tertiary/aromatic N) is 4. The van der Waals surface area contributed by atoms with Crippen molar-refractivity contribution in [1.29, 1.82) is 5.26 Å². The third kappa shape index (κ3) is 2.87. The van der Waals surface area contributed by atoms with Crippen LogP contribution in [0.25, 0.3) is 33.1 Å². The number of carbonyl (C=O) groups is 1. The molecule has 138 valence electrons. The number of aryl methyl sites for hydroxylation is 2. The minimum atomic E-state index is -0.464. The van der Waals surface area contributed by atoms with Crippen LogP contribution in [0, 0.1) is 18.3 Å². The maximum absolute atomic E-state index is 11.5. The summed E-state index contributed by atoms with van der Waals surface area (Å²) in [4.78, 5) is 16.2. The number of nitriles is 1. The topological polar surface area (TPSA) is 97.6 Å². The second-order valence-corrected chi connectivity index (χ2v) is 6.83. The lowest BCUT2D eigenvalue weighted by atomic mass is 9.99. The molecule has 0 aliphatic rings. The number of aromatic nitrogens is 3. The Bertz CT molecular complexity index is 1260. The zero-order valence-corrected chi connectivity index (χ0v) is 15.7. The van der Waals surface area contributed by atoms with Crippen LogP contribution in [0.1, 0.15) is 23.6 Å². The zero-order valence-electron chi connectivity index (χ0n) is 15.7. The fourth-order valence-electron chi connectivity index (χ4n) is 3.60. The highest BCUT2D eigenvalue weighted by atomic mass is 16.1. The van der Waals surface area contributed by atoms with Crippen LogP contribution >= 0.6 is 0 Å². The number of hydrogen-bond acceptors (Lipinski definition) is 4. The van der Waals surface area contributed by atoms with Gasteiger partial charge in [0.05, 0.1) is 28.9 Å². The molecule has 0 fully saturated rings. The van der Waals surface area contributed by atoms with Gasteiger partial charge < -0.3 is 5.73 Å². The third-order valence-electron chi connectivity index (χ3n) is 5.02. The zero-order chi connectivity index (χ0) is 19.8. The molecule has 6 heteroatoms. The van der Waals surface area contributed by atoms with Crippen LogP contribution in [-0.4, -0.2) is 20.7 Å². The van der Waals surface area contributed by atoms with Crippen molar-refractivity contribution in [2.45, 2.75) is 26.8 Å². The summed E-state index contributed by atoms with van der Waals surface area (Å²) in [6.45, 7) is 4.19. The number of hydrogen-bond donors (Lipinski definition) is 1. The first-order chi connectivity index (χ1) is 13.5.